The van der Waals surface area contributed by atoms with Crippen LogP contribution in [0.3, 0.4) is 0 Å². The first kappa shape index (κ1) is 11.1. The second-order valence-electron chi connectivity index (χ2n) is 2.52. The molecule has 1 aromatic heterocycles. The number of pyridine rings is 1. The van der Waals surface area contributed by atoms with Crippen LogP contribution in [-0.4, -0.2) is 4.98 Å². The molecule has 14 heavy (non-hydrogen) atoms. The summed E-state index contributed by atoms with van der Waals surface area (Å²) >= 11 is 1.62. The maximum absolute atomic E-state index is 12.5. The van der Waals surface area contributed by atoms with Crippen molar-refractivity contribution in [3.05, 3.63) is 31.2 Å². The molecule has 6 heteroatoms. The molecule has 1 heterocycles. The van der Waals surface area contributed by atoms with Gasteiger partial charge in [-0.3, -0.25) is 4.79 Å². The van der Waals surface area contributed by atoms with Crippen LogP contribution >= 0.6 is 22.6 Å². The van der Waals surface area contributed by atoms with Crippen LogP contribution in [-0.2, 0) is 6.42 Å². The van der Waals surface area contributed by atoms with Crippen LogP contribution < -0.4 is 5.56 Å². The fourth-order valence-corrected chi connectivity index (χ4v) is 1.90. The minimum atomic E-state index is -2.68. The highest BCUT2D eigenvalue weighted by Crippen LogP contribution is 2.25. The zero-order valence-corrected chi connectivity index (χ0v) is 9.01. The summed E-state index contributed by atoms with van der Waals surface area (Å²) in [7, 11) is 0. The first-order valence-electron chi connectivity index (χ1n) is 3.63. The largest absolute Gasteiger partial charge is 0.317 e. The number of H-pyrrole nitrogens is 1. The number of nitrogens with zero attached hydrogens (tertiary/aromatic N) is 1. The van der Waals surface area contributed by atoms with E-state index in [1.807, 2.05) is 0 Å². The molecule has 0 bridgehead atoms. The molecule has 0 fully saturated rings. The van der Waals surface area contributed by atoms with Gasteiger partial charge in [0.25, 0.3) is 6.43 Å². The summed E-state index contributed by atoms with van der Waals surface area (Å²) in [6.07, 6.45) is -2.86. The van der Waals surface area contributed by atoms with Gasteiger partial charge in [-0.1, -0.05) is 0 Å². The SMILES string of the molecule is N#CCc1cc(=O)[nH]c(I)c1C(F)F. The van der Waals surface area contributed by atoms with E-state index >= 15 is 0 Å². The van der Waals surface area contributed by atoms with Crippen LogP contribution in [0.4, 0.5) is 8.78 Å². The number of alkyl halides is 2. The Kier molecular flexibility index (Phi) is 3.57. The molecule has 0 aliphatic heterocycles. The molecule has 0 atom stereocenters. The molecular weight excluding hydrogens is 305 g/mol. The van der Waals surface area contributed by atoms with Gasteiger partial charge in [0.05, 0.1) is 21.8 Å². The number of aromatic amines is 1. The van der Waals surface area contributed by atoms with E-state index in [0.717, 1.165) is 6.07 Å². The minimum Gasteiger partial charge on any atom is -0.317 e. The first-order valence-corrected chi connectivity index (χ1v) is 4.71. The molecule has 1 aromatic rings. The van der Waals surface area contributed by atoms with Crippen molar-refractivity contribution in [2.45, 2.75) is 12.8 Å². The summed E-state index contributed by atoms with van der Waals surface area (Å²) in [5.41, 5.74) is -0.633. The predicted molar refractivity (Wildman–Crippen MR) is 54.1 cm³/mol. The van der Waals surface area contributed by atoms with Gasteiger partial charge in [-0.05, 0) is 28.2 Å². The highest BCUT2D eigenvalue weighted by atomic mass is 127. The van der Waals surface area contributed by atoms with E-state index in [4.69, 9.17) is 5.26 Å². The van der Waals surface area contributed by atoms with Gasteiger partial charge in [0.2, 0.25) is 5.56 Å². The fraction of sp³-hybridized carbons (Fsp3) is 0.250. The molecule has 0 unspecified atom stereocenters. The maximum atomic E-state index is 12.5. The van der Waals surface area contributed by atoms with Crippen molar-refractivity contribution < 1.29 is 8.78 Å². The van der Waals surface area contributed by atoms with Crippen molar-refractivity contribution in [2.24, 2.45) is 0 Å². The summed E-state index contributed by atoms with van der Waals surface area (Å²) in [6, 6.07) is 2.78. The Morgan fingerprint density at radius 3 is 2.79 bits per heavy atom. The highest BCUT2D eigenvalue weighted by Gasteiger charge is 2.17. The topological polar surface area (TPSA) is 56.6 Å². The van der Waals surface area contributed by atoms with Crippen LogP contribution in [0.15, 0.2) is 10.9 Å². The molecule has 0 saturated carbocycles. The molecule has 0 saturated heterocycles. The summed E-state index contributed by atoms with van der Waals surface area (Å²) in [4.78, 5) is 13.2. The summed E-state index contributed by atoms with van der Waals surface area (Å²) in [5, 5.41) is 8.40. The maximum Gasteiger partial charge on any atom is 0.266 e. The predicted octanol–water partition coefficient (Wildman–Crippen LogP) is 1.98. The third-order valence-electron chi connectivity index (χ3n) is 1.61. The van der Waals surface area contributed by atoms with Crippen LogP contribution in [0, 0.1) is 15.0 Å². The molecule has 0 aromatic carbocycles. The van der Waals surface area contributed by atoms with Crippen molar-refractivity contribution in [2.75, 3.05) is 0 Å². The van der Waals surface area contributed by atoms with Crippen LogP contribution in [0.25, 0.3) is 0 Å². The number of hydrogen-bond acceptors (Lipinski definition) is 2. The molecule has 0 aliphatic carbocycles. The van der Waals surface area contributed by atoms with E-state index in [0.29, 0.717) is 0 Å². The zero-order valence-electron chi connectivity index (χ0n) is 6.85. The average molecular weight is 310 g/mol. The number of nitrogens with one attached hydrogen (secondary N) is 1. The van der Waals surface area contributed by atoms with Gasteiger partial charge >= 0.3 is 0 Å². The molecule has 0 aliphatic rings. The molecule has 1 N–H and O–H groups in total. The van der Waals surface area contributed by atoms with Crippen molar-refractivity contribution in [3.63, 3.8) is 0 Å². The second kappa shape index (κ2) is 4.50. The van der Waals surface area contributed by atoms with E-state index in [1.54, 1.807) is 28.7 Å². The smallest absolute Gasteiger partial charge is 0.266 e. The fourth-order valence-electron chi connectivity index (χ4n) is 1.06. The Labute approximate surface area is 91.9 Å². The zero-order chi connectivity index (χ0) is 10.7. The van der Waals surface area contributed by atoms with E-state index in [2.05, 4.69) is 4.98 Å². The van der Waals surface area contributed by atoms with E-state index in [9.17, 15) is 13.6 Å². The number of aromatic nitrogens is 1. The van der Waals surface area contributed by atoms with Crippen LogP contribution in [0.2, 0.25) is 0 Å². The standard InChI is InChI=1S/C8H5F2IN2O/c9-7(10)6-4(1-2-12)3-5(14)13-8(6)11/h3,7H,1H2,(H,13,14). The van der Waals surface area contributed by atoms with E-state index in [1.165, 1.54) is 0 Å². The van der Waals surface area contributed by atoms with Gasteiger partial charge in [-0.15, -0.1) is 0 Å². The number of halogens is 3. The van der Waals surface area contributed by atoms with Gasteiger partial charge in [-0.2, -0.15) is 5.26 Å². The monoisotopic (exact) mass is 310 g/mol. The summed E-state index contributed by atoms with van der Waals surface area (Å²) in [5.74, 6) is 0. The third-order valence-corrected chi connectivity index (χ3v) is 2.46. The van der Waals surface area contributed by atoms with Crippen molar-refractivity contribution in [1.82, 2.24) is 4.98 Å². The summed E-state index contributed by atoms with van der Waals surface area (Å²) < 4.78 is 25.1. The number of nitriles is 1. The summed E-state index contributed by atoms with van der Waals surface area (Å²) in [6.45, 7) is 0. The average Bonchev–Trinajstić information content (AvgIpc) is 2.01. The molecule has 3 nitrogen and oxygen atoms in total. The van der Waals surface area contributed by atoms with Gasteiger partial charge in [-0.25, -0.2) is 8.78 Å². The van der Waals surface area contributed by atoms with Crippen molar-refractivity contribution in [3.8, 4) is 6.07 Å². The molecule has 0 radical (unpaired) electrons. The lowest BCUT2D eigenvalue weighted by Gasteiger charge is -2.06. The quantitative estimate of drug-likeness (QED) is 0.671. The second-order valence-corrected chi connectivity index (χ2v) is 3.60. The Morgan fingerprint density at radius 1 is 1.64 bits per heavy atom. The number of rotatable bonds is 2. The van der Waals surface area contributed by atoms with Crippen LogP contribution in [0.5, 0.6) is 0 Å². The Bertz CT molecular complexity index is 436. The molecule has 0 spiro atoms. The molecule has 0 amide bonds. The normalized spacial score (nSPS) is 10.2. The highest BCUT2D eigenvalue weighted by molar-refractivity contribution is 14.1. The van der Waals surface area contributed by atoms with Crippen LogP contribution in [0.1, 0.15) is 17.6 Å². The number of hydrogen-bond donors (Lipinski definition) is 1. The van der Waals surface area contributed by atoms with Gasteiger partial charge in [0.1, 0.15) is 0 Å². The Morgan fingerprint density at radius 2 is 2.29 bits per heavy atom. The lowest BCUT2D eigenvalue weighted by molar-refractivity contribution is 0.149. The van der Waals surface area contributed by atoms with Crippen molar-refractivity contribution in [1.29, 1.82) is 5.26 Å². The first-order chi connectivity index (χ1) is 6.56. The lowest BCUT2D eigenvalue weighted by Crippen LogP contribution is -2.12. The minimum absolute atomic E-state index is 0.0929. The van der Waals surface area contributed by atoms with Gasteiger partial charge in [0.15, 0.2) is 0 Å². The molecule has 1 rings (SSSR count). The van der Waals surface area contributed by atoms with Crippen molar-refractivity contribution >= 4 is 22.6 Å². The Hall–Kier alpha value is -0.970. The van der Waals surface area contributed by atoms with E-state index < -0.39 is 12.0 Å². The van der Waals surface area contributed by atoms with Gasteiger partial charge < -0.3 is 4.98 Å². The van der Waals surface area contributed by atoms with E-state index in [-0.39, 0.29) is 21.2 Å². The van der Waals surface area contributed by atoms with Gasteiger partial charge in [0, 0.05) is 6.07 Å². The lowest BCUT2D eigenvalue weighted by atomic mass is 10.1. The molecular formula is C8H5F2IN2O. The Balaban J connectivity index is 3.38. The molecule has 74 valence electrons. The third kappa shape index (κ3) is 2.29.